The van der Waals surface area contributed by atoms with Gasteiger partial charge in [0.05, 0.1) is 13.2 Å². The second-order valence-electron chi connectivity index (χ2n) is 4.23. The van der Waals surface area contributed by atoms with Crippen LogP contribution in [0.2, 0.25) is 0 Å². The summed E-state index contributed by atoms with van der Waals surface area (Å²) in [6, 6.07) is 9.45. The summed E-state index contributed by atoms with van der Waals surface area (Å²) in [5.74, 6) is 0. The highest BCUT2D eigenvalue weighted by atomic mass is 31.2. The Morgan fingerprint density at radius 2 is 1.44 bits per heavy atom. The van der Waals surface area contributed by atoms with Gasteiger partial charge in [-0.1, -0.05) is 44.9 Å². The highest BCUT2D eigenvalue weighted by Crippen LogP contribution is 2.55. The Labute approximate surface area is 111 Å². The topological polar surface area (TPSA) is 38.7 Å². The average molecular weight is 271 g/mol. The van der Waals surface area contributed by atoms with Gasteiger partial charge in [-0.2, -0.15) is 13.9 Å². The van der Waals surface area contributed by atoms with Crippen molar-refractivity contribution in [1.82, 2.24) is 0 Å². The summed E-state index contributed by atoms with van der Waals surface area (Å²) >= 11 is 0. The van der Waals surface area contributed by atoms with Gasteiger partial charge in [-0.05, 0) is 25.0 Å². The third-order valence-electron chi connectivity index (χ3n) is 2.61. The minimum absolute atomic E-state index is 0.543. The fourth-order valence-electron chi connectivity index (χ4n) is 1.47. The largest absolute Gasteiger partial charge is 0.446 e. The molecule has 0 saturated carbocycles. The molecule has 0 atom stereocenters. The van der Waals surface area contributed by atoms with Gasteiger partial charge in [-0.3, -0.25) is 0 Å². The summed E-state index contributed by atoms with van der Waals surface area (Å²) in [5.41, 5.74) is 0. The van der Waals surface area contributed by atoms with Gasteiger partial charge in [-0.15, -0.1) is 0 Å². The predicted molar refractivity (Wildman–Crippen MR) is 76.9 cm³/mol. The van der Waals surface area contributed by atoms with E-state index in [2.05, 4.69) is 13.8 Å². The molecule has 102 valence electrons. The second-order valence-corrected chi connectivity index (χ2v) is 6.30. The van der Waals surface area contributed by atoms with Gasteiger partial charge in [0.15, 0.2) is 5.30 Å². The summed E-state index contributed by atoms with van der Waals surface area (Å²) in [5, 5.41) is 0.761. The Bertz CT molecular complexity index is 306. The molecule has 4 heteroatoms. The lowest BCUT2D eigenvalue weighted by atomic mass is 10.4. The van der Waals surface area contributed by atoms with E-state index in [0.29, 0.717) is 13.2 Å². The number of hydrogen-bond donors (Lipinski definition) is 1. The van der Waals surface area contributed by atoms with Crippen LogP contribution in [0.5, 0.6) is 0 Å². The van der Waals surface area contributed by atoms with Crippen LogP contribution < -0.4 is 5.30 Å². The molecular weight excluding hydrogens is 247 g/mol. The first-order valence-electron chi connectivity index (χ1n) is 6.69. The Kier molecular flexibility index (Phi) is 7.45. The summed E-state index contributed by atoms with van der Waals surface area (Å²) in [4.78, 5) is 10.6. The Balaban J connectivity index is 2.67. The molecular formula is C14H24O3P+. The van der Waals surface area contributed by atoms with Crippen LogP contribution in [-0.2, 0) is 9.05 Å². The van der Waals surface area contributed by atoms with Gasteiger partial charge in [-0.25, -0.2) is 0 Å². The lowest BCUT2D eigenvalue weighted by molar-refractivity contribution is 0.181. The predicted octanol–water partition coefficient (Wildman–Crippen LogP) is 3.70. The molecule has 0 aliphatic rings. The first kappa shape index (κ1) is 15.6. The SMILES string of the molecule is CCCCO[P+](O)(OCCCC)c1ccccc1. The Morgan fingerprint density at radius 1 is 0.944 bits per heavy atom. The third-order valence-corrected chi connectivity index (χ3v) is 4.63. The maximum Gasteiger partial charge on any atom is 0.446 e. The van der Waals surface area contributed by atoms with Gasteiger partial charge < -0.3 is 0 Å². The van der Waals surface area contributed by atoms with Crippen molar-refractivity contribution in [3.05, 3.63) is 30.3 Å². The van der Waals surface area contributed by atoms with Crippen molar-refractivity contribution >= 4 is 13.2 Å². The molecule has 0 radical (unpaired) electrons. The van der Waals surface area contributed by atoms with Crippen LogP contribution in [0.1, 0.15) is 39.5 Å². The Morgan fingerprint density at radius 3 is 1.89 bits per heavy atom. The highest BCUT2D eigenvalue weighted by molar-refractivity contribution is 7.68. The first-order chi connectivity index (χ1) is 8.73. The lowest BCUT2D eigenvalue weighted by Crippen LogP contribution is -2.17. The monoisotopic (exact) mass is 271 g/mol. The van der Waals surface area contributed by atoms with Crippen LogP contribution >= 0.6 is 7.94 Å². The normalized spacial score (nSPS) is 11.7. The fraction of sp³-hybridized carbons (Fsp3) is 0.571. The molecule has 0 aliphatic carbocycles. The van der Waals surface area contributed by atoms with E-state index in [1.54, 1.807) is 0 Å². The molecule has 0 saturated heterocycles. The van der Waals surface area contributed by atoms with Crippen molar-refractivity contribution in [2.75, 3.05) is 13.2 Å². The van der Waals surface area contributed by atoms with Gasteiger partial charge >= 0.3 is 7.94 Å². The number of benzene rings is 1. The van der Waals surface area contributed by atoms with Gasteiger partial charge in [0.2, 0.25) is 0 Å². The molecule has 0 aliphatic heterocycles. The van der Waals surface area contributed by atoms with Crippen LogP contribution in [0.4, 0.5) is 0 Å². The second kappa shape index (κ2) is 8.60. The average Bonchev–Trinajstić information content (AvgIpc) is 2.40. The molecule has 1 aromatic carbocycles. The van der Waals surface area contributed by atoms with Crippen molar-refractivity contribution in [1.29, 1.82) is 0 Å². The smallest absolute Gasteiger partial charge is 0.188 e. The molecule has 0 fully saturated rings. The van der Waals surface area contributed by atoms with E-state index < -0.39 is 7.94 Å². The fourth-order valence-corrected chi connectivity index (χ4v) is 3.14. The minimum Gasteiger partial charge on any atom is -0.188 e. The first-order valence-corrected chi connectivity index (χ1v) is 8.27. The van der Waals surface area contributed by atoms with Gasteiger partial charge in [0.1, 0.15) is 0 Å². The van der Waals surface area contributed by atoms with Crippen molar-refractivity contribution in [3.63, 3.8) is 0 Å². The molecule has 0 bridgehead atoms. The highest BCUT2D eigenvalue weighted by Gasteiger charge is 2.43. The Hall–Kier alpha value is -0.470. The van der Waals surface area contributed by atoms with Crippen molar-refractivity contribution < 1.29 is 13.9 Å². The van der Waals surface area contributed by atoms with E-state index in [-0.39, 0.29) is 0 Å². The summed E-state index contributed by atoms with van der Waals surface area (Å²) < 4.78 is 11.3. The van der Waals surface area contributed by atoms with Crippen molar-refractivity contribution in [3.8, 4) is 0 Å². The zero-order valence-electron chi connectivity index (χ0n) is 11.3. The maximum atomic E-state index is 10.6. The number of rotatable bonds is 9. The van der Waals surface area contributed by atoms with Gasteiger partial charge in [0, 0.05) is 0 Å². The molecule has 0 spiro atoms. The molecule has 3 nitrogen and oxygen atoms in total. The van der Waals surface area contributed by atoms with Crippen molar-refractivity contribution in [2.24, 2.45) is 0 Å². The summed E-state index contributed by atoms with van der Waals surface area (Å²) in [6.07, 6.45) is 3.96. The minimum atomic E-state index is -2.88. The molecule has 1 aromatic rings. The summed E-state index contributed by atoms with van der Waals surface area (Å²) in [6.45, 7) is 5.28. The standard InChI is InChI=1S/C14H24O3P/c1-3-5-12-16-18(15,17-13-6-4-2)14-10-8-7-9-11-14/h7-11,15H,3-6,12-13H2,1-2H3/q+1. The van der Waals surface area contributed by atoms with E-state index in [1.807, 2.05) is 30.3 Å². The van der Waals surface area contributed by atoms with E-state index in [9.17, 15) is 4.89 Å². The molecule has 1 rings (SSSR count). The summed E-state index contributed by atoms with van der Waals surface area (Å²) in [7, 11) is -2.88. The van der Waals surface area contributed by atoms with E-state index >= 15 is 0 Å². The molecule has 0 heterocycles. The zero-order valence-corrected chi connectivity index (χ0v) is 12.2. The van der Waals surface area contributed by atoms with Crippen LogP contribution in [0.25, 0.3) is 0 Å². The molecule has 1 N–H and O–H groups in total. The molecule has 0 amide bonds. The molecule has 0 aromatic heterocycles. The molecule has 18 heavy (non-hydrogen) atoms. The van der Waals surface area contributed by atoms with Crippen LogP contribution in [0.15, 0.2) is 30.3 Å². The van der Waals surface area contributed by atoms with Crippen molar-refractivity contribution in [2.45, 2.75) is 39.5 Å². The molecule has 0 unspecified atom stereocenters. The van der Waals surface area contributed by atoms with Crippen LogP contribution in [-0.4, -0.2) is 18.1 Å². The third kappa shape index (κ3) is 5.03. The van der Waals surface area contributed by atoms with Crippen LogP contribution in [0.3, 0.4) is 0 Å². The van der Waals surface area contributed by atoms with E-state index in [0.717, 1.165) is 31.0 Å². The van der Waals surface area contributed by atoms with Crippen LogP contribution in [0, 0.1) is 0 Å². The quantitative estimate of drug-likeness (QED) is 0.550. The van der Waals surface area contributed by atoms with E-state index in [4.69, 9.17) is 9.05 Å². The number of hydrogen-bond acceptors (Lipinski definition) is 3. The van der Waals surface area contributed by atoms with Gasteiger partial charge in [0.25, 0.3) is 0 Å². The van der Waals surface area contributed by atoms with E-state index in [1.165, 1.54) is 0 Å². The number of unbranched alkanes of at least 4 members (excludes halogenated alkanes) is 2. The maximum absolute atomic E-state index is 10.6. The lowest BCUT2D eigenvalue weighted by Gasteiger charge is -2.16. The zero-order chi connectivity index (χ0) is 13.3.